The predicted molar refractivity (Wildman–Crippen MR) is 207 cm³/mol. The first kappa shape index (κ1) is 29.4. The molecule has 0 fully saturated rings. The molecule has 52 heavy (non-hydrogen) atoms. The first-order valence-electron chi connectivity index (χ1n) is 18.1. The van der Waals surface area contributed by atoms with Gasteiger partial charge in [0, 0.05) is 33.7 Å². The van der Waals surface area contributed by atoms with E-state index in [1.54, 1.807) is 0 Å². The van der Waals surface area contributed by atoms with Crippen molar-refractivity contribution in [1.29, 1.82) is 0 Å². The lowest BCUT2D eigenvalue weighted by Crippen LogP contribution is -2.32. The Morgan fingerprint density at radius 2 is 1.21 bits per heavy atom. The zero-order chi connectivity index (χ0) is 34.2. The number of hydrogen-bond acceptors (Lipinski definition) is 4. The lowest BCUT2D eigenvalue weighted by Gasteiger charge is -2.39. The summed E-state index contributed by atoms with van der Waals surface area (Å²) in [6, 6.07) is 42.7. The highest BCUT2D eigenvalue weighted by Gasteiger charge is 2.51. The number of nitrogens with zero attached hydrogens (tertiary/aromatic N) is 3. The lowest BCUT2D eigenvalue weighted by atomic mass is 9.66. The molecule has 1 spiro atoms. The third kappa shape index (κ3) is 4.24. The molecule has 4 nitrogen and oxygen atoms in total. The molecule has 0 saturated carbocycles. The van der Waals surface area contributed by atoms with Gasteiger partial charge in [-0.2, -0.15) is 0 Å². The predicted octanol–water partition coefficient (Wildman–Crippen LogP) is 10.9. The molecule has 0 amide bonds. The minimum absolute atomic E-state index is 0.357. The normalized spacial score (nSPS) is 20.7. The van der Waals surface area contributed by atoms with Crippen molar-refractivity contribution in [3.05, 3.63) is 204 Å². The van der Waals surface area contributed by atoms with Crippen LogP contribution < -0.4 is 4.74 Å². The van der Waals surface area contributed by atoms with Crippen molar-refractivity contribution in [3.63, 3.8) is 0 Å². The van der Waals surface area contributed by atoms with Crippen molar-refractivity contribution in [2.75, 3.05) is 0 Å². The van der Waals surface area contributed by atoms with E-state index in [4.69, 9.17) is 19.7 Å². The van der Waals surface area contributed by atoms with Gasteiger partial charge in [0.2, 0.25) is 0 Å². The molecule has 5 aromatic carbocycles. The quantitative estimate of drug-likeness (QED) is 0.188. The van der Waals surface area contributed by atoms with Crippen molar-refractivity contribution >= 4 is 5.57 Å². The molecule has 1 aliphatic heterocycles. The minimum atomic E-state index is -0.566. The topological polar surface area (TPSA) is 47.9 Å². The van der Waals surface area contributed by atoms with Crippen molar-refractivity contribution in [3.8, 4) is 45.4 Å². The average molecular weight is 668 g/mol. The number of rotatable bonds is 3. The Morgan fingerprint density at radius 3 is 2.02 bits per heavy atom. The summed E-state index contributed by atoms with van der Waals surface area (Å²) in [5.74, 6) is 5.06. The molecule has 5 aliphatic rings. The van der Waals surface area contributed by atoms with Crippen LogP contribution in [0.4, 0.5) is 0 Å². The molecular weight excluding hydrogens is 635 g/mol. The second-order valence-corrected chi connectivity index (χ2v) is 14.3. The van der Waals surface area contributed by atoms with Crippen LogP contribution in [0, 0.1) is 17.8 Å². The molecule has 11 rings (SSSR count). The SMILES string of the molecule is C1=CC2CC=C3C=C(c4nc(-c5ccccc5)nc(-c5ccc6c(c5)C5(c7ccccc7O6)c6ccccc6-c6ccccc65)n4)C=CC3C2C=C1. The zero-order valence-electron chi connectivity index (χ0n) is 28.4. The summed E-state index contributed by atoms with van der Waals surface area (Å²) in [7, 11) is 0. The van der Waals surface area contributed by atoms with Crippen molar-refractivity contribution in [1.82, 2.24) is 15.0 Å². The fourth-order valence-electron chi connectivity index (χ4n) is 9.24. The molecule has 4 heteroatoms. The Morgan fingerprint density at radius 1 is 0.558 bits per heavy atom. The van der Waals surface area contributed by atoms with Gasteiger partial charge < -0.3 is 4.74 Å². The molecule has 6 aromatic rings. The molecule has 0 N–H and O–H groups in total. The standard InChI is InChI=1S/C48H33N3O/c1-2-13-31(14-3-1)45-49-46(33-24-26-36-32(28-33)23-22-30-12-4-5-15-35(30)36)51-47(50-45)34-25-27-44-42(29-34)48(41-20-10-11-21-43(41)52-44)39-18-8-6-16-37(39)38-17-7-9-19-40(38)48/h1-21,23-30,35-36H,22H2. The van der Waals surface area contributed by atoms with E-state index in [0.717, 1.165) is 45.7 Å². The summed E-state index contributed by atoms with van der Waals surface area (Å²) in [5, 5.41) is 0. The Hall–Kier alpha value is -6.39. The van der Waals surface area contributed by atoms with Gasteiger partial charge in [-0.25, -0.2) is 15.0 Å². The van der Waals surface area contributed by atoms with Gasteiger partial charge >= 0.3 is 0 Å². The average Bonchev–Trinajstić information content (AvgIpc) is 3.51. The van der Waals surface area contributed by atoms with Crippen LogP contribution in [0.3, 0.4) is 0 Å². The number of hydrogen-bond donors (Lipinski definition) is 0. The van der Waals surface area contributed by atoms with E-state index in [2.05, 4.69) is 152 Å². The number of benzene rings is 5. The first-order chi connectivity index (χ1) is 25.8. The Bertz CT molecular complexity index is 2560. The third-order valence-corrected chi connectivity index (χ3v) is 11.6. The van der Waals surface area contributed by atoms with Gasteiger partial charge in [-0.1, -0.05) is 140 Å². The second-order valence-electron chi connectivity index (χ2n) is 14.3. The summed E-state index contributed by atoms with van der Waals surface area (Å²) in [4.78, 5) is 15.5. The van der Waals surface area contributed by atoms with E-state index in [1.807, 2.05) is 18.2 Å². The number of aromatic nitrogens is 3. The van der Waals surface area contributed by atoms with E-state index in [1.165, 1.54) is 27.8 Å². The van der Waals surface area contributed by atoms with Crippen LogP contribution in [0.1, 0.15) is 34.5 Å². The van der Waals surface area contributed by atoms with Gasteiger partial charge in [-0.15, -0.1) is 0 Å². The third-order valence-electron chi connectivity index (χ3n) is 11.6. The smallest absolute Gasteiger partial charge is 0.164 e. The Labute approximate surface area is 302 Å². The summed E-state index contributed by atoms with van der Waals surface area (Å²) in [5.41, 5.74) is 10.9. The van der Waals surface area contributed by atoms with Crippen LogP contribution in [0.5, 0.6) is 11.5 Å². The highest BCUT2D eigenvalue weighted by atomic mass is 16.5. The number of fused-ring (bicyclic) bond motifs is 12. The fourth-order valence-corrected chi connectivity index (χ4v) is 9.24. The van der Waals surface area contributed by atoms with E-state index in [-0.39, 0.29) is 0 Å². The summed E-state index contributed by atoms with van der Waals surface area (Å²) in [6.07, 6.45) is 19.4. The van der Waals surface area contributed by atoms with Gasteiger partial charge in [0.05, 0.1) is 5.41 Å². The molecule has 0 bridgehead atoms. The maximum Gasteiger partial charge on any atom is 0.164 e. The van der Waals surface area contributed by atoms with Gasteiger partial charge in [0.25, 0.3) is 0 Å². The van der Waals surface area contributed by atoms with E-state index >= 15 is 0 Å². The summed E-state index contributed by atoms with van der Waals surface area (Å²) in [6.45, 7) is 0. The van der Waals surface area contributed by atoms with E-state index in [0.29, 0.717) is 35.2 Å². The van der Waals surface area contributed by atoms with Crippen LogP contribution in [0.2, 0.25) is 0 Å². The monoisotopic (exact) mass is 667 g/mol. The fraction of sp³-hybridized carbons (Fsp3) is 0.104. The Balaban J connectivity index is 1.11. The maximum atomic E-state index is 6.70. The number of ether oxygens (including phenoxy) is 1. The summed E-state index contributed by atoms with van der Waals surface area (Å²) < 4.78 is 6.70. The van der Waals surface area contributed by atoms with Crippen molar-refractivity contribution in [2.45, 2.75) is 11.8 Å². The highest BCUT2D eigenvalue weighted by molar-refractivity contribution is 5.89. The van der Waals surface area contributed by atoms with Gasteiger partial charge in [-0.3, -0.25) is 0 Å². The van der Waals surface area contributed by atoms with Crippen LogP contribution in [0.15, 0.2) is 176 Å². The summed E-state index contributed by atoms with van der Waals surface area (Å²) >= 11 is 0. The van der Waals surface area contributed by atoms with Gasteiger partial charge in [0.15, 0.2) is 17.5 Å². The first-order valence-corrected chi connectivity index (χ1v) is 18.1. The van der Waals surface area contributed by atoms with Crippen molar-refractivity contribution in [2.24, 2.45) is 17.8 Å². The van der Waals surface area contributed by atoms with Crippen LogP contribution in [-0.2, 0) is 5.41 Å². The van der Waals surface area contributed by atoms with Gasteiger partial charge in [0.1, 0.15) is 11.5 Å². The molecule has 1 aromatic heterocycles. The van der Waals surface area contributed by atoms with Crippen molar-refractivity contribution < 1.29 is 4.74 Å². The van der Waals surface area contributed by atoms with Crippen LogP contribution in [0.25, 0.3) is 39.5 Å². The van der Waals surface area contributed by atoms with Crippen LogP contribution >= 0.6 is 0 Å². The van der Waals surface area contributed by atoms with Crippen LogP contribution in [-0.4, -0.2) is 15.0 Å². The molecule has 2 heterocycles. The maximum absolute atomic E-state index is 6.70. The molecule has 0 saturated heterocycles. The zero-order valence-corrected chi connectivity index (χ0v) is 28.4. The van der Waals surface area contributed by atoms with E-state index in [9.17, 15) is 0 Å². The lowest BCUT2D eigenvalue weighted by molar-refractivity contribution is 0.387. The number of para-hydroxylation sites is 1. The molecule has 3 atom stereocenters. The number of allylic oxidation sites excluding steroid dienone is 10. The largest absolute Gasteiger partial charge is 0.457 e. The van der Waals surface area contributed by atoms with Gasteiger partial charge in [-0.05, 0) is 76.4 Å². The molecule has 0 radical (unpaired) electrons. The molecule has 3 unspecified atom stereocenters. The Kier molecular flexibility index (Phi) is 6.38. The van der Waals surface area contributed by atoms with E-state index < -0.39 is 5.41 Å². The molecule has 4 aliphatic carbocycles. The second kappa shape index (κ2) is 11.3. The molecule has 246 valence electrons. The molecular formula is C48H33N3O. The minimum Gasteiger partial charge on any atom is -0.457 e. The highest BCUT2D eigenvalue weighted by Crippen LogP contribution is 2.62.